The number of hydrogen-bond donors (Lipinski definition) is 1. The second-order valence-corrected chi connectivity index (χ2v) is 7.85. The summed E-state index contributed by atoms with van der Waals surface area (Å²) in [6.07, 6.45) is 3.61. The van der Waals surface area contributed by atoms with Gasteiger partial charge >= 0.3 is 0 Å². The molecule has 1 atom stereocenters. The fourth-order valence-electron chi connectivity index (χ4n) is 3.39. The quantitative estimate of drug-likeness (QED) is 0.561. The minimum atomic E-state index is -0.314. The molecule has 0 bridgehead atoms. The van der Waals surface area contributed by atoms with Crippen molar-refractivity contribution in [3.8, 4) is 0 Å². The monoisotopic (exact) mass is 391 g/mol. The molecule has 1 unspecified atom stereocenters. The second-order valence-electron chi connectivity index (χ2n) is 7.85. The van der Waals surface area contributed by atoms with Gasteiger partial charge in [0.25, 0.3) is 5.91 Å². The van der Waals surface area contributed by atoms with Gasteiger partial charge in [-0.15, -0.1) is 10.2 Å². The lowest BCUT2D eigenvalue weighted by Gasteiger charge is -2.15. The molecule has 1 N–H and O–H groups in total. The van der Waals surface area contributed by atoms with E-state index in [2.05, 4.69) is 34.5 Å². The zero-order chi connectivity index (χ0) is 20.7. The Morgan fingerprint density at radius 2 is 1.90 bits per heavy atom. The van der Waals surface area contributed by atoms with Crippen LogP contribution in [-0.2, 0) is 0 Å². The minimum Gasteiger partial charge on any atom is -0.342 e. The summed E-state index contributed by atoms with van der Waals surface area (Å²) in [5, 5.41) is 16.7. The molecule has 0 radical (unpaired) electrons. The lowest BCUT2D eigenvalue weighted by Crippen LogP contribution is -2.28. The third kappa shape index (κ3) is 3.35. The van der Waals surface area contributed by atoms with Gasteiger partial charge in [-0.1, -0.05) is 19.9 Å². The van der Waals surface area contributed by atoms with Crippen LogP contribution in [0.2, 0.25) is 0 Å². The summed E-state index contributed by atoms with van der Waals surface area (Å²) >= 11 is 0. The Labute approximate surface area is 169 Å². The zero-order valence-corrected chi connectivity index (χ0v) is 17.3. The molecule has 0 spiro atoms. The number of carbonyl (C=O) groups excluding carboxylic acids is 1. The smallest absolute Gasteiger partial charge is 0.252 e. The van der Waals surface area contributed by atoms with Crippen LogP contribution >= 0.6 is 0 Å². The second kappa shape index (κ2) is 7.27. The molecule has 29 heavy (non-hydrogen) atoms. The number of nitrogens with one attached hydrogen (secondary N) is 1. The first-order valence-electron chi connectivity index (χ1n) is 9.85. The van der Waals surface area contributed by atoms with E-state index in [4.69, 9.17) is 4.98 Å². The molecule has 0 aliphatic heterocycles. The minimum absolute atomic E-state index is 0.152. The van der Waals surface area contributed by atoms with Crippen LogP contribution in [-0.4, -0.2) is 35.3 Å². The molecular formula is C21H25N7O. The Balaban J connectivity index is 1.72. The first-order chi connectivity index (χ1) is 13.9. The summed E-state index contributed by atoms with van der Waals surface area (Å²) in [4.78, 5) is 18.0. The van der Waals surface area contributed by atoms with E-state index in [-0.39, 0.29) is 23.9 Å². The number of nitrogens with zero attached hydrogens (tertiary/aromatic N) is 6. The van der Waals surface area contributed by atoms with Gasteiger partial charge in [-0.3, -0.25) is 9.20 Å². The van der Waals surface area contributed by atoms with Gasteiger partial charge < -0.3 is 5.32 Å². The van der Waals surface area contributed by atoms with E-state index in [1.807, 2.05) is 60.3 Å². The molecule has 4 rings (SSSR count). The average Bonchev–Trinajstić information content (AvgIpc) is 3.31. The molecule has 4 aromatic rings. The van der Waals surface area contributed by atoms with Gasteiger partial charge in [-0.05, 0) is 44.9 Å². The van der Waals surface area contributed by atoms with Crippen LogP contribution in [0.5, 0.6) is 0 Å². The highest BCUT2D eigenvalue weighted by Crippen LogP contribution is 2.25. The molecular weight excluding hydrogens is 366 g/mol. The molecule has 0 saturated heterocycles. The summed E-state index contributed by atoms with van der Waals surface area (Å²) in [6.45, 7) is 10.1. The average molecular weight is 391 g/mol. The summed E-state index contributed by atoms with van der Waals surface area (Å²) in [5.41, 5.74) is 2.92. The third-order valence-corrected chi connectivity index (χ3v) is 4.99. The van der Waals surface area contributed by atoms with Crippen LogP contribution in [0.4, 0.5) is 0 Å². The lowest BCUT2D eigenvalue weighted by atomic mass is 10.0. The molecule has 4 aromatic heterocycles. The Morgan fingerprint density at radius 1 is 1.10 bits per heavy atom. The van der Waals surface area contributed by atoms with Gasteiger partial charge in [0.1, 0.15) is 0 Å². The fourth-order valence-corrected chi connectivity index (χ4v) is 3.39. The molecule has 0 saturated carbocycles. The number of fused-ring (bicyclic) bond motifs is 2. The van der Waals surface area contributed by atoms with Gasteiger partial charge in [-0.25, -0.2) is 9.67 Å². The predicted octanol–water partition coefficient (Wildman–Crippen LogP) is 3.67. The molecule has 0 aliphatic rings. The first kappa shape index (κ1) is 19.0. The van der Waals surface area contributed by atoms with Gasteiger partial charge in [-0.2, -0.15) is 5.10 Å². The van der Waals surface area contributed by atoms with E-state index in [0.29, 0.717) is 11.4 Å². The number of rotatable bonds is 5. The van der Waals surface area contributed by atoms with Gasteiger partial charge in [0.2, 0.25) is 0 Å². The number of hydrogen-bond acceptors (Lipinski definition) is 5. The summed E-state index contributed by atoms with van der Waals surface area (Å²) in [6, 6.07) is 7.40. The fraction of sp³-hybridized carbons (Fsp3) is 0.381. The van der Waals surface area contributed by atoms with Crippen molar-refractivity contribution in [3.05, 3.63) is 53.7 Å². The van der Waals surface area contributed by atoms with Crippen molar-refractivity contribution < 1.29 is 4.79 Å². The first-order valence-corrected chi connectivity index (χ1v) is 9.85. The van der Waals surface area contributed by atoms with Gasteiger partial charge in [0.05, 0.1) is 23.2 Å². The van der Waals surface area contributed by atoms with Crippen molar-refractivity contribution >= 4 is 22.6 Å². The topological polar surface area (TPSA) is 90.0 Å². The third-order valence-electron chi connectivity index (χ3n) is 4.99. The number of amides is 1. The summed E-state index contributed by atoms with van der Waals surface area (Å²) in [5.74, 6) is 0.698. The van der Waals surface area contributed by atoms with E-state index >= 15 is 0 Å². The van der Waals surface area contributed by atoms with Gasteiger partial charge in [0, 0.05) is 17.9 Å². The summed E-state index contributed by atoms with van der Waals surface area (Å²) in [7, 11) is 0. The molecule has 150 valence electrons. The maximum absolute atomic E-state index is 13.2. The van der Waals surface area contributed by atoms with E-state index in [1.54, 1.807) is 6.20 Å². The maximum Gasteiger partial charge on any atom is 0.252 e. The highest BCUT2D eigenvalue weighted by Gasteiger charge is 2.22. The molecule has 1 amide bonds. The Hall–Kier alpha value is -3.29. The standard InChI is InChI=1S/C21H25N7O/c1-12(2)17-10-15(16-11-22-28(13(3)4)20(16)24-17)21(29)23-14(5)19-26-25-18-8-6-7-9-27(18)19/h6-14H,1-5H3,(H,23,29). The Morgan fingerprint density at radius 3 is 2.62 bits per heavy atom. The van der Waals surface area contributed by atoms with E-state index in [0.717, 1.165) is 22.4 Å². The molecule has 4 heterocycles. The van der Waals surface area contributed by atoms with E-state index < -0.39 is 0 Å². The van der Waals surface area contributed by atoms with Crippen molar-refractivity contribution in [1.29, 1.82) is 0 Å². The molecule has 0 aliphatic carbocycles. The van der Waals surface area contributed by atoms with Gasteiger partial charge in [0.15, 0.2) is 17.1 Å². The molecule has 8 nitrogen and oxygen atoms in total. The SMILES string of the molecule is CC(C)c1cc(C(=O)NC(C)c2nnc3ccccn23)c2cnn(C(C)C)c2n1. The van der Waals surface area contributed by atoms with Crippen LogP contribution in [0.25, 0.3) is 16.7 Å². The molecule has 0 aromatic carbocycles. The van der Waals surface area contributed by atoms with Crippen LogP contribution in [0.1, 0.15) is 74.5 Å². The number of aromatic nitrogens is 6. The van der Waals surface area contributed by atoms with Crippen LogP contribution in [0.3, 0.4) is 0 Å². The van der Waals surface area contributed by atoms with E-state index in [9.17, 15) is 4.79 Å². The Kier molecular flexibility index (Phi) is 4.77. The van der Waals surface area contributed by atoms with Crippen molar-refractivity contribution in [2.75, 3.05) is 0 Å². The van der Waals surface area contributed by atoms with Crippen LogP contribution in [0, 0.1) is 0 Å². The Bertz CT molecular complexity index is 1190. The lowest BCUT2D eigenvalue weighted by molar-refractivity contribution is 0.0939. The van der Waals surface area contributed by atoms with E-state index in [1.165, 1.54) is 0 Å². The predicted molar refractivity (Wildman–Crippen MR) is 111 cm³/mol. The maximum atomic E-state index is 13.2. The van der Waals surface area contributed by atoms with Crippen molar-refractivity contribution in [2.45, 2.75) is 52.6 Å². The van der Waals surface area contributed by atoms with Crippen molar-refractivity contribution in [3.63, 3.8) is 0 Å². The summed E-state index contributed by atoms with van der Waals surface area (Å²) < 4.78 is 3.73. The molecule has 8 heteroatoms. The van der Waals surface area contributed by atoms with Crippen LogP contribution in [0.15, 0.2) is 36.7 Å². The van der Waals surface area contributed by atoms with Crippen molar-refractivity contribution in [1.82, 2.24) is 34.7 Å². The highest BCUT2D eigenvalue weighted by atomic mass is 16.1. The molecule has 0 fully saturated rings. The van der Waals surface area contributed by atoms with Crippen LogP contribution < -0.4 is 5.32 Å². The highest BCUT2D eigenvalue weighted by molar-refractivity contribution is 6.05. The normalized spacial score (nSPS) is 12.9. The largest absolute Gasteiger partial charge is 0.342 e. The number of carbonyl (C=O) groups is 1. The zero-order valence-electron chi connectivity index (χ0n) is 17.3. The number of pyridine rings is 2. The van der Waals surface area contributed by atoms with Crippen molar-refractivity contribution in [2.24, 2.45) is 0 Å².